The van der Waals surface area contributed by atoms with Gasteiger partial charge >= 0.3 is 0 Å². The zero-order valence-electron chi connectivity index (χ0n) is 14.6. The van der Waals surface area contributed by atoms with Crippen molar-refractivity contribution in [1.29, 1.82) is 0 Å². The summed E-state index contributed by atoms with van der Waals surface area (Å²) in [6.45, 7) is 0. The van der Waals surface area contributed by atoms with E-state index in [9.17, 15) is 9.59 Å². The van der Waals surface area contributed by atoms with Crippen LogP contribution in [0.4, 0.5) is 5.00 Å². The Balaban J connectivity index is 1.34. The van der Waals surface area contributed by atoms with Crippen molar-refractivity contribution in [2.75, 3.05) is 5.32 Å². The standard InChI is InChI=1S/C20H26N2O2S/c21-18(24)17-14-2-1-3-15(14)25-19(17)22-16(23)10-20-7-11-4-12(8-20)6-13(5-11)9-20/h11-13H,1-10H2,(H2,21,24)(H,22,23). The predicted octanol–water partition coefficient (Wildman–Crippen LogP) is 3.88. The first-order valence-electron chi connectivity index (χ1n) is 9.75. The van der Waals surface area contributed by atoms with Crippen molar-refractivity contribution in [3.8, 4) is 0 Å². The van der Waals surface area contributed by atoms with Gasteiger partial charge < -0.3 is 11.1 Å². The van der Waals surface area contributed by atoms with Gasteiger partial charge in [-0.3, -0.25) is 9.59 Å². The van der Waals surface area contributed by atoms with Gasteiger partial charge in [0.1, 0.15) is 5.00 Å². The van der Waals surface area contributed by atoms with Crippen LogP contribution in [0, 0.1) is 23.2 Å². The lowest BCUT2D eigenvalue weighted by molar-refractivity contribution is -0.124. The predicted molar refractivity (Wildman–Crippen MR) is 98.7 cm³/mol. The molecule has 2 amide bonds. The molecule has 0 aliphatic heterocycles. The number of amides is 2. The number of aryl methyl sites for hydroxylation is 1. The molecule has 5 aliphatic carbocycles. The van der Waals surface area contributed by atoms with Gasteiger partial charge in [0.2, 0.25) is 5.91 Å². The highest BCUT2D eigenvalue weighted by Gasteiger charge is 2.51. The molecule has 4 saturated carbocycles. The van der Waals surface area contributed by atoms with E-state index in [1.807, 2.05) is 0 Å². The van der Waals surface area contributed by atoms with Gasteiger partial charge in [-0.2, -0.15) is 0 Å². The number of thiophene rings is 1. The molecule has 3 N–H and O–H groups in total. The van der Waals surface area contributed by atoms with Crippen LogP contribution in [0.15, 0.2) is 0 Å². The molecule has 0 spiro atoms. The molecule has 134 valence electrons. The van der Waals surface area contributed by atoms with Crippen LogP contribution in [-0.4, -0.2) is 11.8 Å². The minimum atomic E-state index is -0.399. The smallest absolute Gasteiger partial charge is 0.251 e. The zero-order chi connectivity index (χ0) is 17.2. The van der Waals surface area contributed by atoms with E-state index in [0.717, 1.165) is 42.6 Å². The van der Waals surface area contributed by atoms with Crippen molar-refractivity contribution in [3.63, 3.8) is 0 Å². The average molecular weight is 359 g/mol. The van der Waals surface area contributed by atoms with Crippen molar-refractivity contribution < 1.29 is 9.59 Å². The molecule has 1 heterocycles. The number of rotatable bonds is 4. The SMILES string of the molecule is NC(=O)c1c(NC(=O)CC23CC4CC(CC(C4)C2)C3)sc2c1CCC2. The fraction of sp³-hybridized carbons (Fsp3) is 0.700. The number of fused-ring (bicyclic) bond motifs is 1. The molecular weight excluding hydrogens is 332 g/mol. The number of hydrogen-bond acceptors (Lipinski definition) is 3. The average Bonchev–Trinajstić information content (AvgIpc) is 3.04. The van der Waals surface area contributed by atoms with Crippen molar-refractivity contribution in [2.24, 2.45) is 28.9 Å². The second kappa shape index (κ2) is 5.57. The second-order valence-corrected chi connectivity index (χ2v) is 10.2. The Kier molecular flexibility index (Phi) is 3.53. The third kappa shape index (κ3) is 2.62. The monoisotopic (exact) mass is 358 g/mol. The number of anilines is 1. The van der Waals surface area contributed by atoms with E-state index >= 15 is 0 Å². The molecule has 0 radical (unpaired) electrons. The summed E-state index contributed by atoms with van der Waals surface area (Å²) >= 11 is 1.56. The maximum atomic E-state index is 12.8. The lowest BCUT2D eigenvalue weighted by Gasteiger charge is -2.56. The summed E-state index contributed by atoms with van der Waals surface area (Å²) in [5.74, 6) is 2.25. The van der Waals surface area contributed by atoms with Crippen molar-refractivity contribution in [3.05, 3.63) is 16.0 Å². The van der Waals surface area contributed by atoms with E-state index in [2.05, 4.69) is 5.32 Å². The van der Waals surface area contributed by atoms with Gasteiger partial charge in [-0.15, -0.1) is 11.3 Å². The summed E-state index contributed by atoms with van der Waals surface area (Å²) in [6, 6.07) is 0. The van der Waals surface area contributed by atoms with Crippen LogP contribution in [0.25, 0.3) is 0 Å². The summed E-state index contributed by atoms with van der Waals surface area (Å²) in [4.78, 5) is 26.0. The van der Waals surface area contributed by atoms with E-state index in [-0.39, 0.29) is 11.3 Å². The van der Waals surface area contributed by atoms with Crippen molar-refractivity contribution in [1.82, 2.24) is 0 Å². The summed E-state index contributed by atoms with van der Waals surface area (Å²) in [7, 11) is 0. The first-order chi connectivity index (χ1) is 12.0. The molecule has 0 unspecified atom stereocenters. The number of carbonyl (C=O) groups excluding carboxylic acids is 2. The van der Waals surface area contributed by atoms with Gasteiger partial charge in [0.25, 0.3) is 5.91 Å². The van der Waals surface area contributed by atoms with E-state index in [1.165, 1.54) is 43.4 Å². The van der Waals surface area contributed by atoms with Gasteiger partial charge in [-0.05, 0) is 86.5 Å². The molecule has 0 atom stereocenters. The summed E-state index contributed by atoms with van der Waals surface area (Å²) in [5.41, 5.74) is 7.51. The molecule has 4 fully saturated rings. The Hall–Kier alpha value is -1.36. The van der Waals surface area contributed by atoms with Crippen LogP contribution >= 0.6 is 11.3 Å². The molecule has 1 aromatic rings. The quantitative estimate of drug-likeness (QED) is 0.857. The topological polar surface area (TPSA) is 72.2 Å². The van der Waals surface area contributed by atoms with Crippen LogP contribution in [0.5, 0.6) is 0 Å². The van der Waals surface area contributed by atoms with Crippen LogP contribution in [0.1, 0.15) is 72.2 Å². The molecule has 0 saturated heterocycles. The van der Waals surface area contributed by atoms with Gasteiger partial charge in [0.05, 0.1) is 5.56 Å². The Labute approximate surface area is 152 Å². The molecule has 6 rings (SSSR count). The maximum Gasteiger partial charge on any atom is 0.251 e. The van der Waals surface area contributed by atoms with E-state index in [0.29, 0.717) is 17.0 Å². The molecule has 5 heteroatoms. The third-order valence-electron chi connectivity index (χ3n) is 7.12. The summed E-state index contributed by atoms with van der Waals surface area (Å²) in [5, 5.41) is 3.78. The summed E-state index contributed by atoms with van der Waals surface area (Å²) < 4.78 is 0. The maximum absolute atomic E-state index is 12.8. The van der Waals surface area contributed by atoms with Crippen molar-refractivity contribution in [2.45, 2.75) is 64.2 Å². The highest BCUT2D eigenvalue weighted by molar-refractivity contribution is 7.17. The van der Waals surface area contributed by atoms with Crippen LogP contribution in [-0.2, 0) is 17.6 Å². The van der Waals surface area contributed by atoms with E-state index < -0.39 is 5.91 Å². The second-order valence-electron chi connectivity index (χ2n) is 9.07. The van der Waals surface area contributed by atoms with Crippen LogP contribution in [0.3, 0.4) is 0 Å². The van der Waals surface area contributed by atoms with E-state index in [1.54, 1.807) is 11.3 Å². The number of hydrogen-bond donors (Lipinski definition) is 2. The molecule has 4 nitrogen and oxygen atoms in total. The molecular formula is C20H26N2O2S. The largest absolute Gasteiger partial charge is 0.365 e. The normalized spacial score (nSPS) is 35.0. The lowest BCUT2D eigenvalue weighted by Crippen LogP contribution is -2.47. The number of carbonyl (C=O) groups is 2. The Morgan fingerprint density at radius 3 is 2.32 bits per heavy atom. The Morgan fingerprint density at radius 1 is 1.08 bits per heavy atom. The fourth-order valence-corrected chi connectivity index (χ4v) is 8.08. The Bertz CT molecular complexity index is 716. The minimum absolute atomic E-state index is 0.0874. The highest BCUT2D eigenvalue weighted by atomic mass is 32.1. The first kappa shape index (κ1) is 15.9. The number of primary amides is 1. The van der Waals surface area contributed by atoms with Crippen molar-refractivity contribution >= 4 is 28.2 Å². The molecule has 5 aliphatic rings. The van der Waals surface area contributed by atoms with Gasteiger partial charge in [-0.25, -0.2) is 0 Å². The summed E-state index contributed by atoms with van der Waals surface area (Å²) in [6.07, 6.45) is 11.5. The molecule has 25 heavy (non-hydrogen) atoms. The first-order valence-corrected chi connectivity index (χ1v) is 10.6. The number of nitrogens with one attached hydrogen (secondary N) is 1. The molecule has 0 aromatic carbocycles. The molecule has 1 aromatic heterocycles. The van der Waals surface area contributed by atoms with Gasteiger partial charge in [0, 0.05) is 11.3 Å². The van der Waals surface area contributed by atoms with Crippen LogP contribution < -0.4 is 11.1 Å². The minimum Gasteiger partial charge on any atom is -0.365 e. The highest BCUT2D eigenvalue weighted by Crippen LogP contribution is 2.61. The Morgan fingerprint density at radius 2 is 1.72 bits per heavy atom. The van der Waals surface area contributed by atoms with Gasteiger partial charge in [-0.1, -0.05) is 0 Å². The lowest BCUT2D eigenvalue weighted by atomic mass is 9.49. The zero-order valence-corrected chi connectivity index (χ0v) is 15.4. The van der Waals surface area contributed by atoms with Gasteiger partial charge in [0.15, 0.2) is 0 Å². The van der Waals surface area contributed by atoms with E-state index in [4.69, 9.17) is 5.73 Å². The molecule has 4 bridgehead atoms. The third-order valence-corrected chi connectivity index (χ3v) is 8.33. The fourth-order valence-electron chi connectivity index (χ4n) is 6.77. The van der Waals surface area contributed by atoms with Crippen LogP contribution in [0.2, 0.25) is 0 Å². The number of nitrogens with two attached hydrogens (primary N) is 1.